The number of amides is 1. The number of rotatable bonds is 7. The predicted molar refractivity (Wildman–Crippen MR) is 135 cm³/mol. The van der Waals surface area contributed by atoms with Crippen molar-refractivity contribution >= 4 is 40.9 Å². The van der Waals surface area contributed by atoms with Crippen LogP contribution in [0.15, 0.2) is 72.8 Å². The topological polar surface area (TPSA) is 53.0 Å². The van der Waals surface area contributed by atoms with Crippen LogP contribution in [-0.2, 0) is 24.4 Å². The minimum atomic E-state index is -0.760. The third kappa shape index (κ3) is 6.23. The van der Waals surface area contributed by atoms with Crippen LogP contribution >= 0.6 is 34.8 Å². The second-order valence-corrected chi connectivity index (χ2v) is 9.57. The Balaban J connectivity index is 1.51. The highest BCUT2D eigenvalue weighted by Crippen LogP contribution is 2.29. The van der Waals surface area contributed by atoms with Crippen molar-refractivity contribution in [3.8, 4) is 0 Å². The molecule has 0 saturated carbocycles. The molecule has 1 N–H and O–H groups in total. The largest absolute Gasteiger partial charge is 0.445 e. The molecule has 178 valence electrons. The fraction of sp³-hybridized carbons (Fsp3) is 0.269. The molecule has 2 atom stereocenters. The van der Waals surface area contributed by atoms with Crippen molar-refractivity contribution in [3.63, 3.8) is 0 Å². The van der Waals surface area contributed by atoms with Crippen molar-refractivity contribution in [2.45, 2.75) is 31.8 Å². The summed E-state index contributed by atoms with van der Waals surface area (Å²) in [7, 11) is 0. The molecule has 0 aliphatic carbocycles. The van der Waals surface area contributed by atoms with E-state index in [2.05, 4.69) is 4.90 Å². The van der Waals surface area contributed by atoms with E-state index in [-0.39, 0.29) is 19.2 Å². The van der Waals surface area contributed by atoms with Crippen molar-refractivity contribution in [3.05, 3.63) is 105 Å². The molecule has 1 amide bonds. The van der Waals surface area contributed by atoms with Crippen LogP contribution in [0.5, 0.6) is 0 Å². The molecule has 5 nitrogen and oxygen atoms in total. The third-order valence-electron chi connectivity index (χ3n) is 5.89. The summed E-state index contributed by atoms with van der Waals surface area (Å²) in [6.45, 7) is 1.58. The predicted octanol–water partition coefficient (Wildman–Crippen LogP) is 6.03. The van der Waals surface area contributed by atoms with Crippen LogP contribution in [0.3, 0.4) is 0 Å². The number of halogens is 3. The molecule has 3 aromatic carbocycles. The lowest BCUT2D eigenvalue weighted by Crippen LogP contribution is -2.42. The fourth-order valence-electron chi connectivity index (χ4n) is 4.13. The Morgan fingerprint density at radius 2 is 1.59 bits per heavy atom. The molecule has 4 rings (SSSR count). The summed E-state index contributed by atoms with van der Waals surface area (Å²) < 4.78 is 5.48. The number of aliphatic hydroxyl groups excluding tert-OH is 1. The number of aliphatic hydroxyl groups is 1. The summed E-state index contributed by atoms with van der Waals surface area (Å²) in [6, 6.07) is 22.1. The molecule has 0 spiro atoms. The molecule has 34 heavy (non-hydrogen) atoms. The molecule has 1 aliphatic rings. The van der Waals surface area contributed by atoms with E-state index >= 15 is 0 Å². The quantitative estimate of drug-likeness (QED) is 0.414. The van der Waals surface area contributed by atoms with E-state index in [0.717, 1.165) is 16.7 Å². The Morgan fingerprint density at radius 3 is 2.29 bits per heavy atom. The summed E-state index contributed by atoms with van der Waals surface area (Å²) in [5.74, 6) is 0. The van der Waals surface area contributed by atoms with E-state index < -0.39 is 12.2 Å². The Labute approximate surface area is 214 Å². The van der Waals surface area contributed by atoms with Gasteiger partial charge in [-0.2, -0.15) is 0 Å². The monoisotopic (exact) mass is 518 g/mol. The Bertz CT molecular complexity index is 1110. The SMILES string of the molecule is O=C(OCc1ccccc1)N1C[C@@H](O)[C@H](N(Cc2cccc(Cl)c2)Cc2c(Cl)cccc2Cl)C1. The van der Waals surface area contributed by atoms with Crippen LogP contribution in [0.2, 0.25) is 15.1 Å². The zero-order valence-electron chi connectivity index (χ0n) is 18.4. The molecule has 1 saturated heterocycles. The van der Waals surface area contributed by atoms with Gasteiger partial charge < -0.3 is 14.7 Å². The molecule has 0 bridgehead atoms. The number of likely N-dealkylation sites (tertiary alicyclic amines) is 1. The standard InChI is InChI=1S/C26H25Cl3N2O3/c27-20-9-4-8-19(12-20)13-30(14-21-22(28)10-5-11-23(21)29)24-15-31(16-25(24)32)26(33)34-17-18-6-2-1-3-7-18/h1-12,24-25,32H,13-17H2/t24-,25-/m1/s1. The fourth-order valence-corrected chi connectivity index (χ4v) is 4.86. The van der Waals surface area contributed by atoms with Gasteiger partial charge in [-0.15, -0.1) is 0 Å². The van der Waals surface area contributed by atoms with E-state index in [1.165, 1.54) is 4.90 Å². The van der Waals surface area contributed by atoms with Crippen molar-refractivity contribution in [2.75, 3.05) is 13.1 Å². The van der Waals surface area contributed by atoms with Crippen molar-refractivity contribution in [1.29, 1.82) is 0 Å². The third-order valence-corrected chi connectivity index (χ3v) is 6.83. The summed E-state index contributed by atoms with van der Waals surface area (Å²) >= 11 is 19.1. The van der Waals surface area contributed by atoms with Crippen LogP contribution in [0.25, 0.3) is 0 Å². The minimum absolute atomic E-state index is 0.179. The van der Waals surface area contributed by atoms with Crippen molar-refractivity contribution in [2.24, 2.45) is 0 Å². The van der Waals surface area contributed by atoms with Crippen LogP contribution in [0.1, 0.15) is 16.7 Å². The van der Waals surface area contributed by atoms with Gasteiger partial charge in [0.15, 0.2) is 0 Å². The second-order valence-electron chi connectivity index (χ2n) is 8.31. The second kappa shape index (κ2) is 11.4. The van der Waals surface area contributed by atoms with Gasteiger partial charge in [-0.05, 0) is 35.4 Å². The van der Waals surface area contributed by atoms with Gasteiger partial charge in [0.05, 0.1) is 18.7 Å². The van der Waals surface area contributed by atoms with Crippen LogP contribution in [0, 0.1) is 0 Å². The van der Waals surface area contributed by atoms with Crippen molar-refractivity contribution in [1.82, 2.24) is 9.80 Å². The number of ether oxygens (including phenoxy) is 1. The molecule has 0 radical (unpaired) electrons. The average molecular weight is 520 g/mol. The molecule has 3 aromatic rings. The molecule has 1 heterocycles. The van der Waals surface area contributed by atoms with Crippen LogP contribution in [-0.4, -0.2) is 46.2 Å². The summed E-state index contributed by atoms with van der Waals surface area (Å²) in [5.41, 5.74) is 2.65. The van der Waals surface area contributed by atoms with E-state index in [0.29, 0.717) is 34.7 Å². The van der Waals surface area contributed by atoms with Gasteiger partial charge in [0.1, 0.15) is 6.61 Å². The lowest BCUT2D eigenvalue weighted by atomic mass is 10.1. The number of carbonyl (C=O) groups excluding carboxylic acids is 1. The molecule has 1 fully saturated rings. The maximum Gasteiger partial charge on any atom is 0.410 e. The van der Waals surface area contributed by atoms with E-state index in [9.17, 15) is 9.90 Å². The van der Waals surface area contributed by atoms with Crippen molar-refractivity contribution < 1.29 is 14.6 Å². The lowest BCUT2D eigenvalue weighted by molar-refractivity contribution is 0.0728. The number of nitrogens with zero attached hydrogens (tertiary/aromatic N) is 2. The highest BCUT2D eigenvalue weighted by atomic mass is 35.5. The first-order valence-electron chi connectivity index (χ1n) is 11.0. The first kappa shape index (κ1) is 24.8. The number of β-amino-alcohol motifs (C(OH)–C–C–N with tert-alkyl or cyclic N) is 1. The van der Waals surface area contributed by atoms with Gasteiger partial charge in [0.25, 0.3) is 0 Å². The highest BCUT2D eigenvalue weighted by molar-refractivity contribution is 6.36. The summed E-state index contributed by atoms with van der Waals surface area (Å²) in [4.78, 5) is 16.3. The van der Waals surface area contributed by atoms with Gasteiger partial charge in [-0.1, -0.05) is 83.3 Å². The number of hydrogen-bond donors (Lipinski definition) is 1. The van der Waals surface area contributed by atoms with Gasteiger partial charge in [0.2, 0.25) is 0 Å². The average Bonchev–Trinajstić information content (AvgIpc) is 3.21. The van der Waals surface area contributed by atoms with E-state index in [1.807, 2.05) is 54.6 Å². The highest BCUT2D eigenvalue weighted by Gasteiger charge is 2.38. The van der Waals surface area contributed by atoms with Gasteiger partial charge in [-0.25, -0.2) is 4.79 Å². The van der Waals surface area contributed by atoms with Gasteiger partial charge in [-0.3, -0.25) is 4.90 Å². The van der Waals surface area contributed by atoms with Crippen LogP contribution < -0.4 is 0 Å². The van der Waals surface area contributed by atoms with Crippen LogP contribution in [0.4, 0.5) is 4.79 Å². The lowest BCUT2D eigenvalue weighted by Gasteiger charge is -2.31. The molecular formula is C26H25Cl3N2O3. The van der Waals surface area contributed by atoms with Gasteiger partial charge >= 0.3 is 6.09 Å². The zero-order chi connectivity index (χ0) is 24.1. The molecule has 0 aromatic heterocycles. The first-order chi connectivity index (χ1) is 16.4. The van der Waals surface area contributed by atoms with E-state index in [4.69, 9.17) is 39.5 Å². The normalized spacial score (nSPS) is 17.9. The summed E-state index contributed by atoms with van der Waals surface area (Å²) in [6.07, 6.45) is -1.21. The maximum absolute atomic E-state index is 12.7. The molecular weight excluding hydrogens is 495 g/mol. The molecule has 1 aliphatic heterocycles. The van der Waals surface area contributed by atoms with Gasteiger partial charge in [0, 0.05) is 40.3 Å². The number of benzene rings is 3. The Hall–Kier alpha value is -2.28. The summed E-state index contributed by atoms with van der Waals surface area (Å²) in [5, 5.41) is 12.7. The smallest absolute Gasteiger partial charge is 0.410 e. The molecule has 8 heteroatoms. The minimum Gasteiger partial charge on any atom is -0.445 e. The van der Waals surface area contributed by atoms with E-state index in [1.54, 1.807) is 18.2 Å². The first-order valence-corrected chi connectivity index (χ1v) is 12.1. The number of hydrogen-bond acceptors (Lipinski definition) is 4. The molecule has 0 unspecified atom stereocenters. The zero-order valence-corrected chi connectivity index (χ0v) is 20.7. The maximum atomic E-state index is 12.7. The Kier molecular flexibility index (Phi) is 8.35. The Morgan fingerprint density at radius 1 is 0.912 bits per heavy atom. The number of carbonyl (C=O) groups is 1.